The minimum atomic E-state index is -0.223. The van der Waals surface area contributed by atoms with Crippen LogP contribution in [0.15, 0.2) is 46.9 Å². The van der Waals surface area contributed by atoms with Gasteiger partial charge in [-0.2, -0.15) is 0 Å². The first kappa shape index (κ1) is 22.2. The summed E-state index contributed by atoms with van der Waals surface area (Å²) in [5, 5.41) is 2.92. The number of hydrogen-bond acceptors (Lipinski definition) is 4. The highest BCUT2D eigenvalue weighted by atomic mass is 79.9. The molecule has 0 aliphatic heterocycles. The number of hydrogen-bond donors (Lipinski definition) is 1. The van der Waals surface area contributed by atoms with Crippen molar-refractivity contribution in [3.8, 4) is 11.5 Å². The third-order valence-electron chi connectivity index (χ3n) is 4.09. The van der Waals surface area contributed by atoms with Crippen LogP contribution >= 0.6 is 15.9 Å². The average molecular weight is 450 g/mol. The molecule has 1 N–H and O–H groups in total. The van der Waals surface area contributed by atoms with Gasteiger partial charge in [-0.1, -0.05) is 48.2 Å². The second-order valence-electron chi connectivity index (χ2n) is 6.37. The minimum absolute atomic E-state index is 0.223. The normalized spacial score (nSPS) is 10.5. The lowest BCUT2D eigenvalue weighted by Crippen LogP contribution is -2.14. The van der Waals surface area contributed by atoms with Gasteiger partial charge in [0.2, 0.25) is 0 Å². The molecule has 1 amide bonds. The van der Waals surface area contributed by atoms with Crippen LogP contribution in [-0.4, -0.2) is 32.8 Å². The van der Waals surface area contributed by atoms with Crippen LogP contribution in [0.25, 0.3) is 0 Å². The Bertz CT molecular complexity index is 751. The number of unbranched alkanes of at least 4 members (excludes halogenated alkanes) is 3. The molecule has 0 saturated heterocycles. The van der Waals surface area contributed by atoms with Gasteiger partial charge in [-0.25, -0.2) is 0 Å². The summed E-state index contributed by atoms with van der Waals surface area (Å²) in [5.41, 5.74) is 1.16. The molecule has 0 spiro atoms. The van der Waals surface area contributed by atoms with E-state index in [0.717, 1.165) is 17.3 Å². The molecule has 2 aromatic rings. The highest BCUT2D eigenvalue weighted by Crippen LogP contribution is 2.25. The van der Waals surface area contributed by atoms with Crippen LogP contribution in [0.4, 0.5) is 5.69 Å². The smallest absolute Gasteiger partial charge is 0.259 e. The Labute approximate surface area is 175 Å². The zero-order valence-electron chi connectivity index (χ0n) is 16.5. The van der Waals surface area contributed by atoms with Crippen molar-refractivity contribution in [2.45, 2.75) is 32.6 Å². The Kier molecular flexibility index (Phi) is 9.86. The molecule has 0 unspecified atom stereocenters. The van der Waals surface area contributed by atoms with Crippen molar-refractivity contribution >= 4 is 27.5 Å². The molecule has 0 saturated carbocycles. The summed E-state index contributed by atoms with van der Waals surface area (Å²) < 4.78 is 17.3. The second kappa shape index (κ2) is 12.4. The van der Waals surface area contributed by atoms with E-state index in [1.54, 1.807) is 19.2 Å². The summed E-state index contributed by atoms with van der Waals surface area (Å²) in [6.07, 6.45) is 4.48. The molecule has 0 atom stereocenters. The van der Waals surface area contributed by atoms with E-state index in [1.807, 2.05) is 30.3 Å². The number of carbonyl (C=O) groups is 1. The summed E-state index contributed by atoms with van der Waals surface area (Å²) >= 11 is 3.43. The highest BCUT2D eigenvalue weighted by molar-refractivity contribution is 9.10. The first-order valence-corrected chi connectivity index (χ1v) is 10.4. The fourth-order valence-electron chi connectivity index (χ4n) is 2.62. The van der Waals surface area contributed by atoms with Crippen LogP contribution in [-0.2, 0) is 4.74 Å². The van der Waals surface area contributed by atoms with Crippen molar-refractivity contribution < 1.29 is 19.0 Å². The van der Waals surface area contributed by atoms with Gasteiger partial charge in [-0.05, 0) is 36.8 Å². The molecule has 2 rings (SSSR count). The summed E-state index contributed by atoms with van der Waals surface area (Å²) in [6, 6.07) is 12.8. The Balaban J connectivity index is 2.02. The van der Waals surface area contributed by atoms with Crippen molar-refractivity contribution in [2.75, 3.05) is 32.2 Å². The highest BCUT2D eigenvalue weighted by Gasteiger charge is 2.14. The van der Waals surface area contributed by atoms with Gasteiger partial charge in [0.15, 0.2) is 0 Å². The van der Waals surface area contributed by atoms with E-state index < -0.39 is 0 Å². The minimum Gasteiger partial charge on any atom is -0.493 e. The number of carbonyl (C=O) groups excluding carboxylic acids is 1. The molecule has 2 aromatic carbocycles. The summed E-state index contributed by atoms with van der Waals surface area (Å²) in [5.74, 6) is 1.04. The quantitative estimate of drug-likeness (QED) is 0.423. The zero-order chi connectivity index (χ0) is 20.2. The standard InChI is InChI=1S/C22H28BrNO4/c1-3-4-5-6-12-28-21-11-10-17(23)15-20(21)22(25)24-18-8-7-9-19(16-18)27-14-13-26-2/h7-11,15-16H,3-6,12-14H2,1-2H3,(H,24,25). The number of ether oxygens (including phenoxy) is 3. The van der Waals surface area contributed by atoms with Crippen LogP contribution in [0.1, 0.15) is 43.0 Å². The van der Waals surface area contributed by atoms with E-state index in [4.69, 9.17) is 14.2 Å². The van der Waals surface area contributed by atoms with E-state index in [0.29, 0.717) is 42.6 Å². The maximum absolute atomic E-state index is 12.8. The molecule has 0 aromatic heterocycles. The number of anilines is 1. The maximum Gasteiger partial charge on any atom is 0.259 e. The lowest BCUT2D eigenvalue weighted by molar-refractivity contribution is 0.102. The molecular weight excluding hydrogens is 422 g/mol. The molecule has 0 aliphatic rings. The molecule has 152 valence electrons. The number of halogens is 1. The van der Waals surface area contributed by atoms with E-state index in [-0.39, 0.29) is 5.91 Å². The Morgan fingerprint density at radius 2 is 1.86 bits per heavy atom. The van der Waals surface area contributed by atoms with Crippen molar-refractivity contribution in [3.63, 3.8) is 0 Å². The lowest BCUT2D eigenvalue weighted by atomic mass is 10.1. The van der Waals surface area contributed by atoms with E-state index in [2.05, 4.69) is 28.2 Å². The molecule has 5 nitrogen and oxygen atoms in total. The molecule has 0 aliphatic carbocycles. The number of amides is 1. The zero-order valence-corrected chi connectivity index (χ0v) is 18.1. The average Bonchev–Trinajstić information content (AvgIpc) is 2.69. The summed E-state index contributed by atoms with van der Waals surface area (Å²) in [7, 11) is 1.63. The first-order chi connectivity index (χ1) is 13.6. The predicted octanol–water partition coefficient (Wildman–Crippen LogP) is 5.69. The predicted molar refractivity (Wildman–Crippen MR) is 116 cm³/mol. The van der Waals surface area contributed by atoms with Crippen molar-refractivity contribution in [2.24, 2.45) is 0 Å². The van der Waals surface area contributed by atoms with Crippen molar-refractivity contribution in [1.82, 2.24) is 0 Å². The van der Waals surface area contributed by atoms with Crippen LogP contribution in [0, 0.1) is 0 Å². The van der Waals surface area contributed by atoms with Crippen LogP contribution < -0.4 is 14.8 Å². The first-order valence-electron chi connectivity index (χ1n) is 9.59. The largest absolute Gasteiger partial charge is 0.493 e. The topological polar surface area (TPSA) is 56.8 Å². The molecule has 0 bridgehead atoms. The fourth-order valence-corrected chi connectivity index (χ4v) is 2.98. The van der Waals surface area contributed by atoms with Gasteiger partial charge in [0.1, 0.15) is 18.1 Å². The Hall–Kier alpha value is -2.05. The van der Waals surface area contributed by atoms with Gasteiger partial charge in [0.25, 0.3) is 5.91 Å². The summed E-state index contributed by atoms with van der Waals surface area (Å²) in [4.78, 5) is 12.8. The third-order valence-corrected chi connectivity index (χ3v) is 4.58. The third kappa shape index (κ3) is 7.52. The molecule has 0 fully saturated rings. The van der Waals surface area contributed by atoms with E-state index in [9.17, 15) is 4.79 Å². The van der Waals surface area contributed by atoms with Gasteiger partial charge < -0.3 is 19.5 Å². The molecular formula is C22H28BrNO4. The number of benzene rings is 2. The second-order valence-corrected chi connectivity index (χ2v) is 7.29. The molecule has 28 heavy (non-hydrogen) atoms. The Morgan fingerprint density at radius 1 is 1.00 bits per heavy atom. The molecule has 0 radical (unpaired) electrons. The number of nitrogens with one attached hydrogen (secondary N) is 1. The maximum atomic E-state index is 12.8. The fraction of sp³-hybridized carbons (Fsp3) is 0.409. The Morgan fingerprint density at radius 3 is 2.64 bits per heavy atom. The van der Waals surface area contributed by atoms with Gasteiger partial charge in [0.05, 0.1) is 18.8 Å². The van der Waals surface area contributed by atoms with Crippen LogP contribution in [0.5, 0.6) is 11.5 Å². The van der Waals surface area contributed by atoms with E-state index in [1.165, 1.54) is 12.8 Å². The van der Waals surface area contributed by atoms with Crippen molar-refractivity contribution in [1.29, 1.82) is 0 Å². The van der Waals surface area contributed by atoms with Gasteiger partial charge in [-0.3, -0.25) is 4.79 Å². The molecule has 6 heteroatoms. The van der Waals surface area contributed by atoms with Crippen molar-refractivity contribution in [3.05, 3.63) is 52.5 Å². The monoisotopic (exact) mass is 449 g/mol. The number of methoxy groups -OCH3 is 1. The van der Waals surface area contributed by atoms with Crippen LogP contribution in [0.2, 0.25) is 0 Å². The SMILES string of the molecule is CCCCCCOc1ccc(Br)cc1C(=O)Nc1cccc(OCCOC)c1. The summed E-state index contributed by atoms with van der Waals surface area (Å²) in [6.45, 7) is 3.74. The van der Waals surface area contributed by atoms with Gasteiger partial charge in [0, 0.05) is 23.3 Å². The lowest BCUT2D eigenvalue weighted by Gasteiger charge is -2.13. The molecule has 0 heterocycles. The van der Waals surface area contributed by atoms with Crippen LogP contribution in [0.3, 0.4) is 0 Å². The number of rotatable bonds is 12. The van der Waals surface area contributed by atoms with Gasteiger partial charge >= 0.3 is 0 Å². The van der Waals surface area contributed by atoms with E-state index >= 15 is 0 Å². The van der Waals surface area contributed by atoms with Gasteiger partial charge in [-0.15, -0.1) is 0 Å².